The molecule has 1 aromatic carbocycles. The van der Waals surface area contributed by atoms with E-state index in [1.165, 1.54) is 13.2 Å². The summed E-state index contributed by atoms with van der Waals surface area (Å²) in [5.41, 5.74) is 1.39. The van der Waals surface area contributed by atoms with Gasteiger partial charge in [-0.15, -0.1) is 0 Å². The molecule has 0 aliphatic heterocycles. The average molecular weight is 346 g/mol. The maximum absolute atomic E-state index is 14.0. The highest BCUT2D eigenvalue weighted by Gasteiger charge is 2.35. The van der Waals surface area contributed by atoms with Crippen LogP contribution in [0.25, 0.3) is 0 Å². The number of carbonyl (C=O) groups excluding carboxylic acids is 2. The number of ketones is 1. The lowest BCUT2D eigenvalue weighted by Gasteiger charge is -2.21. The van der Waals surface area contributed by atoms with Crippen LogP contribution in [0.4, 0.5) is 4.39 Å². The van der Waals surface area contributed by atoms with Crippen LogP contribution in [0.5, 0.6) is 0 Å². The Labute approximate surface area is 144 Å². The third-order valence-electron chi connectivity index (χ3n) is 4.41. The van der Waals surface area contributed by atoms with Crippen LogP contribution in [0, 0.1) is 12.7 Å². The van der Waals surface area contributed by atoms with E-state index in [-0.39, 0.29) is 42.9 Å². The van der Waals surface area contributed by atoms with Gasteiger partial charge in [0.05, 0.1) is 12.2 Å². The van der Waals surface area contributed by atoms with Crippen molar-refractivity contribution in [1.82, 2.24) is 0 Å². The van der Waals surface area contributed by atoms with E-state index in [2.05, 4.69) is 0 Å². The normalized spacial score (nSPS) is 16.6. The second-order valence-corrected chi connectivity index (χ2v) is 6.03. The summed E-state index contributed by atoms with van der Waals surface area (Å²) in [5.74, 6) is -0.967. The van der Waals surface area contributed by atoms with Gasteiger partial charge in [0, 0.05) is 31.4 Å². The van der Waals surface area contributed by atoms with Gasteiger partial charge >= 0.3 is 5.97 Å². The van der Waals surface area contributed by atoms with Gasteiger partial charge in [0.25, 0.3) is 0 Å². The van der Waals surface area contributed by atoms with E-state index >= 15 is 0 Å². The standard InChI is InChI=1S/C19H19FO5/c1-11-17-15(21)9-12(13-5-3-4-6-14(13)20)10-16(17)25-18(11)19(22)24-8-7-23-2/h3-6,12H,7-10H2,1-2H3. The molecule has 0 bridgehead atoms. The topological polar surface area (TPSA) is 65.7 Å². The van der Waals surface area contributed by atoms with E-state index in [0.29, 0.717) is 28.9 Å². The van der Waals surface area contributed by atoms with Crippen LogP contribution >= 0.6 is 0 Å². The molecule has 1 aliphatic carbocycles. The zero-order valence-electron chi connectivity index (χ0n) is 14.1. The van der Waals surface area contributed by atoms with Crippen LogP contribution < -0.4 is 0 Å². The highest BCUT2D eigenvalue weighted by molar-refractivity contribution is 6.03. The Kier molecular flexibility index (Phi) is 4.99. The molecule has 1 atom stereocenters. The van der Waals surface area contributed by atoms with Crippen molar-refractivity contribution in [1.29, 1.82) is 0 Å². The van der Waals surface area contributed by atoms with Crippen LogP contribution in [0.3, 0.4) is 0 Å². The molecule has 132 valence electrons. The number of halogens is 1. The van der Waals surface area contributed by atoms with Crippen LogP contribution in [0.15, 0.2) is 28.7 Å². The lowest BCUT2D eigenvalue weighted by Crippen LogP contribution is -2.19. The number of methoxy groups -OCH3 is 1. The van der Waals surface area contributed by atoms with Gasteiger partial charge in [0.15, 0.2) is 5.78 Å². The van der Waals surface area contributed by atoms with Crippen molar-refractivity contribution >= 4 is 11.8 Å². The van der Waals surface area contributed by atoms with E-state index in [4.69, 9.17) is 13.9 Å². The third kappa shape index (κ3) is 3.35. The number of hydrogen-bond acceptors (Lipinski definition) is 5. The zero-order chi connectivity index (χ0) is 18.0. The number of esters is 1. The molecular weight excluding hydrogens is 327 g/mol. The van der Waals surface area contributed by atoms with Crippen LogP contribution in [-0.4, -0.2) is 32.1 Å². The summed E-state index contributed by atoms with van der Waals surface area (Å²) < 4.78 is 29.6. The van der Waals surface area contributed by atoms with Gasteiger partial charge in [0.1, 0.15) is 18.2 Å². The number of rotatable bonds is 5. The number of fused-ring (bicyclic) bond motifs is 1. The molecule has 1 aromatic heterocycles. The van der Waals surface area contributed by atoms with Gasteiger partial charge < -0.3 is 13.9 Å². The van der Waals surface area contributed by atoms with E-state index in [9.17, 15) is 14.0 Å². The van der Waals surface area contributed by atoms with E-state index in [1.54, 1.807) is 25.1 Å². The summed E-state index contributed by atoms with van der Waals surface area (Å²) in [5, 5.41) is 0. The number of furan rings is 1. The molecule has 1 unspecified atom stereocenters. The molecule has 0 N–H and O–H groups in total. The molecule has 25 heavy (non-hydrogen) atoms. The fourth-order valence-corrected chi connectivity index (χ4v) is 3.21. The van der Waals surface area contributed by atoms with E-state index in [0.717, 1.165) is 0 Å². The van der Waals surface area contributed by atoms with Gasteiger partial charge in [-0.1, -0.05) is 18.2 Å². The first-order valence-electron chi connectivity index (χ1n) is 8.08. The van der Waals surface area contributed by atoms with Gasteiger partial charge in [0.2, 0.25) is 5.76 Å². The Morgan fingerprint density at radius 2 is 2.04 bits per heavy atom. The summed E-state index contributed by atoms with van der Waals surface area (Å²) >= 11 is 0. The highest BCUT2D eigenvalue weighted by atomic mass is 19.1. The van der Waals surface area contributed by atoms with E-state index in [1.807, 2.05) is 0 Å². The maximum Gasteiger partial charge on any atom is 0.374 e. The summed E-state index contributed by atoms with van der Waals surface area (Å²) in [7, 11) is 1.51. The molecule has 0 saturated carbocycles. The largest absolute Gasteiger partial charge is 0.457 e. The summed E-state index contributed by atoms with van der Waals surface area (Å²) in [6.45, 7) is 2.04. The molecule has 0 amide bonds. The van der Waals surface area contributed by atoms with Crippen LogP contribution in [-0.2, 0) is 15.9 Å². The molecule has 6 heteroatoms. The minimum absolute atomic E-state index is 0.0311. The van der Waals surface area contributed by atoms with Gasteiger partial charge in [-0.25, -0.2) is 9.18 Å². The monoisotopic (exact) mass is 346 g/mol. The lowest BCUT2D eigenvalue weighted by atomic mass is 9.81. The Bertz CT molecular complexity index is 808. The fourth-order valence-electron chi connectivity index (χ4n) is 3.21. The maximum atomic E-state index is 14.0. The quantitative estimate of drug-likeness (QED) is 0.613. The Morgan fingerprint density at radius 3 is 2.76 bits per heavy atom. The first-order chi connectivity index (χ1) is 12.0. The Morgan fingerprint density at radius 1 is 1.28 bits per heavy atom. The number of ether oxygens (including phenoxy) is 2. The first-order valence-corrected chi connectivity index (χ1v) is 8.08. The minimum atomic E-state index is -0.626. The predicted molar refractivity (Wildman–Crippen MR) is 87.4 cm³/mol. The third-order valence-corrected chi connectivity index (χ3v) is 4.41. The smallest absolute Gasteiger partial charge is 0.374 e. The highest BCUT2D eigenvalue weighted by Crippen LogP contribution is 2.37. The number of hydrogen-bond donors (Lipinski definition) is 0. The predicted octanol–water partition coefficient (Wildman–Crippen LogP) is 3.44. The molecule has 0 fully saturated rings. The zero-order valence-corrected chi connectivity index (χ0v) is 14.1. The number of carbonyl (C=O) groups is 2. The lowest BCUT2D eigenvalue weighted by molar-refractivity contribution is 0.0351. The van der Waals surface area contributed by atoms with Crippen molar-refractivity contribution in [3.8, 4) is 0 Å². The second-order valence-electron chi connectivity index (χ2n) is 6.03. The minimum Gasteiger partial charge on any atom is -0.457 e. The number of Topliss-reactive ketones (excluding diaryl/α,β-unsaturated/α-hetero) is 1. The molecule has 1 aliphatic rings. The van der Waals surface area contributed by atoms with Gasteiger partial charge in [-0.3, -0.25) is 4.79 Å². The molecule has 3 rings (SSSR count). The Balaban J connectivity index is 1.87. The van der Waals surface area contributed by atoms with E-state index < -0.39 is 5.97 Å². The van der Waals surface area contributed by atoms with Crippen molar-refractivity contribution in [2.24, 2.45) is 0 Å². The van der Waals surface area contributed by atoms with Crippen molar-refractivity contribution in [2.45, 2.75) is 25.7 Å². The molecule has 5 nitrogen and oxygen atoms in total. The molecular formula is C19H19FO5. The van der Waals surface area contributed by atoms with Crippen molar-refractivity contribution in [2.75, 3.05) is 20.3 Å². The van der Waals surface area contributed by atoms with Gasteiger partial charge in [-0.2, -0.15) is 0 Å². The average Bonchev–Trinajstić information content (AvgIpc) is 2.92. The van der Waals surface area contributed by atoms with Crippen LogP contribution in [0.2, 0.25) is 0 Å². The number of benzene rings is 1. The summed E-state index contributed by atoms with van der Waals surface area (Å²) in [6.07, 6.45) is 0.556. The second kappa shape index (κ2) is 7.19. The SMILES string of the molecule is COCCOC(=O)c1oc2c(c1C)C(=O)CC(c1ccccc1F)C2. The molecule has 2 aromatic rings. The molecule has 1 heterocycles. The summed E-state index contributed by atoms with van der Waals surface area (Å²) in [4.78, 5) is 24.7. The first kappa shape index (κ1) is 17.4. The van der Waals surface area contributed by atoms with Crippen molar-refractivity contribution < 1.29 is 27.9 Å². The van der Waals surface area contributed by atoms with Gasteiger partial charge in [-0.05, 0) is 18.6 Å². The fraction of sp³-hybridized carbons (Fsp3) is 0.368. The molecule has 0 saturated heterocycles. The molecule has 0 radical (unpaired) electrons. The van der Waals surface area contributed by atoms with Crippen LogP contribution in [0.1, 0.15) is 50.1 Å². The van der Waals surface area contributed by atoms with Crippen molar-refractivity contribution in [3.05, 3.63) is 58.3 Å². The molecule has 0 spiro atoms. The Hall–Kier alpha value is -2.47. The summed E-state index contributed by atoms with van der Waals surface area (Å²) in [6, 6.07) is 6.40. The van der Waals surface area contributed by atoms with Crippen molar-refractivity contribution in [3.63, 3.8) is 0 Å².